The Labute approximate surface area is 128 Å². The number of carboxylic acid groups (broad SMARTS) is 1. The first kappa shape index (κ1) is 14.6. The molecule has 2 heterocycles. The van der Waals surface area contributed by atoms with E-state index in [1.165, 1.54) is 0 Å². The van der Waals surface area contributed by atoms with Gasteiger partial charge in [0.15, 0.2) is 0 Å². The van der Waals surface area contributed by atoms with Gasteiger partial charge in [-0.25, -0.2) is 4.79 Å². The molecular formula is C16H19N3O3. The first-order chi connectivity index (χ1) is 10.6. The Morgan fingerprint density at radius 1 is 1.36 bits per heavy atom. The van der Waals surface area contributed by atoms with Crippen LogP contribution in [0.5, 0.6) is 0 Å². The summed E-state index contributed by atoms with van der Waals surface area (Å²) in [5.74, 6) is 0.364. The quantitative estimate of drug-likeness (QED) is 0.691. The molecule has 2 bridgehead atoms. The summed E-state index contributed by atoms with van der Waals surface area (Å²) in [5.41, 5.74) is 1.76. The lowest BCUT2D eigenvalue weighted by molar-refractivity contribution is -0.122. The second-order valence-corrected chi connectivity index (χ2v) is 5.75. The maximum absolute atomic E-state index is 12.0. The predicted molar refractivity (Wildman–Crippen MR) is 80.4 cm³/mol. The van der Waals surface area contributed by atoms with Crippen molar-refractivity contribution in [3.05, 3.63) is 41.7 Å². The van der Waals surface area contributed by atoms with Gasteiger partial charge in [0.1, 0.15) is 0 Å². The Bertz CT molecular complexity index is 614. The smallest absolute Gasteiger partial charge is 0.405 e. The molecule has 1 aliphatic heterocycles. The van der Waals surface area contributed by atoms with E-state index < -0.39 is 6.09 Å². The number of hydrogen-bond donors (Lipinski definition) is 3. The molecule has 1 aromatic rings. The Kier molecular flexibility index (Phi) is 4.09. The van der Waals surface area contributed by atoms with Crippen molar-refractivity contribution in [1.82, 2.24) is 15.6 Å². The van der Waals surface area contributed by atoms with Crippen molar-refractivity contribution in [3.63, 3.8) is 0 Å². The topological polar surface area (TPSA) is 91.3 Å². The molecule has 1 fully saturated rings. The highest BCUT2D eigenvalue weighted by Gasteiger charge is 2.44. The average Bonchev–Trinajstić information content (AvgIpc) is 3.29. The van der Waals surface area contributed by atoms with Crippen LogP contribution in [0.2, 0.25) is 0 Å². The molecule has 22 heavy (non-hydrogen) atoms. The van der Waals surface area contributed by atoms with E-state index in [4.69, 9.17) is 5.11 Å². The molecule has 3 N–H and O–H groups in total. The SMILES string of the molecule is O=C(O)N[C@H]1C/C=C/CCNC(=O)[C@H]2C[C@H]2c2ccnc1c2. The summed E-state index contributed by atoms with van der Waals surface area (Å²) in [4.78, 5) is 27.3. The van der Waals surface area contributed by atoms with E-state index in [1.54, 1.807) is 6.20 Å². The number of nitrogens with zero attached hydrogens (tertiary/aromatic N) is 1. The van der Waals surface area contributed by atoms with Gasteiger partial charge in [0.05, 0.1) is 11.7 Å². The van der Waals surface area contributed by atoms with Gasteiger partial charge in [-0.05, 0) is 42.9 Å². The molecule has 1 aliphatic carbocycles. The molecule has 3 rings (SSSR count). The molecule has 0 spiro atoms. The molecule has 2 aliphatic rings. The Morgan fingerprint density at radius 2 is 2.23 bits per heavy atom. The Morgan fingerprint density at radius 3 is 3.05 bits per heavy atom. The summed E-state index contributed by atoms with van der Waals surface area (Å²) in [6, 6.07) is 3.47. The third kappa shape index (κ3) is 3.27. The van der Waals surface area contributed by atoms with Crippen LogP contribution in [0.1, 0.15) is 42.5 Å². The van der Waals surface area contributed by atoms with Crippen LogP contribution in [0.15, 0.2) is 30.5 Å². The summed E-state index contributed by atoms with van der Waals surface area (Å²) >= 11 is 0. The fourth-order valence-corrected chi connectivity index (χ4v) is 2.90. The third-order valence-corrected chi connectivity index (χ3v) is 4.16. The van der Waals surface area contributed by atoms with Crippen molar-refractivity contribution in [1.29, 1.82) is 0 Å². The number of rotatable bonds is 1. The van der Waals surface area contributed by atoms with Crippen LogP contribution in [0, 0.1) is 5.92 Å². The molecule has 6 heteroatoms. The number of nitrogens with one attached hydrogen (secondary N) is 2. The molecule has 0 unspecified atom stereocenters. The molecular weight excluding hydrogens is 282 g/mol. The van der Waals surface area contributed by atoms with Gasteiger partial charge in [0.25, 0.3) is 0 Å². The maximum Gasteiger partial charge on any atom is 0.405 e. The van der Waals surface area contributed by atoms with E-state index in [1.807, 2.05) is 24.3 Å². The molecule has 2 amide bonds. The van der Waals surface area contributed by atoms with Gasteiger partial charge in [0.2, 0.25) is 5.91 Å². The standard InChI is InChI=1S/C16H19N3O3/c20-15-12-9-11(12)10-5-7-17-14(8-10)13(19-16(21)22)4-2-1-3-6-18-15/h1-2,5,7-8,11-13,19H,3-4,6,9H2,(H,18,20)(H,21,22)/b2-1+/t11-,12-,13-/m0/s1. The number of carbonyl (C=O) groups is 2. The van der Waals surface area contributed by atoms with E-state index in [-0.39, 0.29) is 23.8 Å². The summed E-state index contributed by atoms with van der Waals surface area (Å²) in [6.07, 6.45) is 6.66. The Balaban J connectivity index is 1.88. The molecule has 0 saturated heterocycles. The van der Waals surface area contributed by atoms with Gasteiger partial charge in [-0.15, -0.1) is 0 Å². The van der Waals surface area contributed by atoms with Crippen molar-refractivity contribution in [2.75, 3.05) is 6.54 Å². The molecule has 1 saturated carbocycles. The lowest BCUT2D eigenvalue weighted by Gasteiger charge is -2.15. The third-order valence-electron chi connectivity index (χ3n) is 4.16. The lowest BCUT2D eigenvalue weighted by atomic mass is 10.0. The highest BCUT2D eigenvalue weighted by atomic mass is 16.4. The van der Waals surface area contributed by atoms with Crippen LogP contribution in [0.3, 0.4) is 0 Å². The minimum absolute atomic E-state index is 0.0332. The van der Waals surface area contributed by atoms with Gasteiger partial charge in [-0.2, -0.15) is 0 Å². The van der Waals surface area contributed by atoms with Crippen molar-refractivity contribution < 1.29 is 14.7 Å². The monoisotopic (exact) mass is 301 g/mol. The molecule has 0 aromatic carbocycles. The molecule has 6 nitrogen and oxygen atoms in total. The van der Waals surface area contributed by atoms with E-state index in [0.29, 0.717) is 18.7 Å². The zero-order valence-corrected chi connectivity index (χ0v) is 12.2. The van der Waals surface area contributed by atoms with Crippen LogP contribution in [-0.4, -0.2) is 28.6 Å². The number of hydrogen-bond acceptors (Lipinski definition) is 3. The number of carbonyl (C=O) groups excluding carboxylic acids is 1. The summed E-state index contributed by atoms with van der Waals surface area (Å²) in [5, 5.41) is 14.5. The number of aromatic nitrogens is 1. The van der Waals surface area contributed by atoms with Gasteiger partial charge < -0.3 is 15.7 Å². The normalized spacial score (nSPS) is 28.9. The van der Waals surface area contributed by atoms with E-state index >= 15 is 0 Å². The summed E-state index contributed by atoms with van der Waals surface area (Å²) < 4.78 is 0. The summed E-state index contributed by atoms with van der Waals surface area (Å²) in [6.45, 7) is 0.616. The average molecular weight is 301 g/mol. The van der Waals surface area contributed by atoms with Crippen LogP contribution in [0.25, 0.3) is 0 Å². The van der Waals surface area contributed by atoms with Crippen LogP contribution in [-0.2, 0) is 4.79 Å². The molecule has 0 radical (unpaired) electrons. The van der Waals surface area contributed by atoms with Crippen molar-refractivity contribution in [2.24, 2.45) is 5.92 Å². The number of fused-ring (bicyclic) bond motifs is 4. The first-order valence-electron chi connectivity index (χ1n) is 7.53. The zero-order valence-electron chi connectivity index (χ0n) is 12.2. The van der Waals surface area contributed by atoms with Crippen LogP contribution < -0.4 is 10.6 Å². The highest BCUT2D eigenvalue weighted by Crippen LogP contribution is 2.47. The van der Waals surface area contributed by atoms with E-state index in [0.717, 1.165) is 18.4 Å². The lowest BCUT2D eigenvalue weighted by Crippen LogP contribution is -2.27. The number of pyridine rings is 1. The van der Waals surface area contributed by atoms with Gasteiger partial charge in [-0.3, -0.25) is 9.78 Å². The van der Waals surface area contributed by atoms with E-state index in [2.05, 4.69) is 15.6 Å². The van der Waals surface area contributed by atoms with Crippen LogP contribution in [0.4, 0.5) is 4.79 Å². The first-order valence-corrected chi connectivity index (χ1v) is 7.53. The van der Waals surface area contributed by atoms with Gasteiger partial charge >= 0.3 is 6.09 Å². The van der Waals surface area contributed by atoms with Crippen LogP contribution >= 0.6 is 0 Å². The summed E-state index contributed by atoms with van der Waals surface area (Å²) in [7, 11) is 0. The molecule has 3 atom stereocenters. The second-order valence-electron chi connectivity index (χ2n) is 5.75. The molecule has 116 valence electrons. The zero-order chi connectivity index (χ0) is 15.5. The minimum atomic E-state index is -1.06. The maximum atomic E-state index is 12.0. The van der Waals surface area contributed by atoms with E-state index in [9.17, 15) is 9.59 Å². The fourth-order valence-electron chi connectivity index (χ4n) is 2.90. The van der Waals surface area contributed by atoms with Crippen molar-refractivity contribution in [3.8, 4) is 0 Å². The second kappa shape index (κ2) is 6.17. The fraction of sp³-hybridized carbons (Fsp3) is 0.438. The number of amides is 2. The molecule has 1 aromatic heterocycles. The van der Waals surface area contributed by atoms with Crippen molar-refractivity contribution in [2.45, 2.75) is 31.2 Å². The van der Waals surface area contributed by atoms with Gasteiger partial charge in [-0.1, -0.05) is 12.2 Å². The minimum Gasteiger partial charge on any atom is -0.465 e. The highest BCUT2D eigenvalue weighted by molar-refractivity contribution is 5.82. The largest absolute Gasteiger partial charge is 0.465 e. The predicted octanol–water partition coefficient (Wildman–Crippen LogP) is 1.96. The Hall–Kier alpha value is -2.37. The van der Waals surface area contributed by atoms with Crippen molar-refractivity contribution >= 4 is 12.0 Å². The van der Waals surface area contributed by atoms with Gasteiger partial charge in [0, 0.05) is 18.7 Å².